The Hall–Kier alpha value is -4.37. The van der Waals surface area contributed by atoms with Crippen LogP contribution in [0.2, 0.25) is 0 Å². The van der Waals surface area contributed by atoms with Crippen LogP contribution >= 0.6 is 0 Å². The normalized spacial score (nSPS) is 12.6. The van der Waals surface area contributed by atoms with Gasteiger partial charge in [0.05, 0.1) is 6.04 Å². The van der Waals surface area contributed by atoms with Crippen molar-refractivity contribution in [2.75, 3.05) is 33.7 Å². The Morgan fingerprint density at radius 3 is 2.33 bits per heavy atom. The second kappa shape index (κ2) is 17.9. The average molecular weight is 630 g/mol. The monoisotopic (exact) mass is 629 g/mol. The minimum Gasteiger partial charge on any atom is -0.354 e. The van der Waals surface area contributed by atoms with Gasteiger partial charge in [0.25, 0.3) is 11.8 Å². The van der Waals surface area contributed by atoms with Gasteiger partial charge >= 0.3 is 0 Å². The van der Waals surface area contributed by atoms with E-state index in [0.717, 1.165) is 12.0 Å². The third-order valence-corrected chi connectivity index (χ3v) is 7.65. The van der Waals surface area contributed by atoms with Gasteiger partial charge in [0, 0.05) is 62.7 Å². The molecule has 0 radical (unpaired) electrons. The van der Waals surface area contributed by atoms with E-state index in [-0.39, 0.29) is 34.9 Å². The lowest BCUT2D eigenvalue weighted by Gasteiger charge is -2.24. The fourth-order valence-corrected chi connectivity index (χ4v) is 5.22. The van der Waals surface area contributed by atoms with Crippen LogP contribution < -0.4 is 16.0 Å². The lowest BCUT2D eigenvalue weighted by Crippen LogP contribution is -2.50. The minimum absolute atomic E-state index is 0.0745. The Balaban J connectivity index is 1.98. The molecule has 0 aliphatic carbocycles. The molecule has 0 aliphatic heterocycles. The quantitative estimate of drug-likeness (QED) is 0.182. The number of halogens is 1. The van der Waals surface area contributed by atoms with Gasteiger partial charge in [0.1, 0.15) is 5.82 Å². The van der Waals surface area contributed by atoms with Crippen LogP contribution in [0.25, 0.3) is 11.1 Å². The van der Waals surface area contributed by atoms with E-state index < -0.39 is 11.9 Å². The standard InChI is InChI=1S/C37H48FN5O3/c1-7-17-43(6)37(46)29-20-27(31-15-12-16-33(38)32(31)24-39-5)19-28(21-29)35(44)42-30(18-26-13-10-9-11-14-26)23-40-34(8-2)36(45)41-22-25(3)4/h9-16,19-21,24-25,30,34,40H,7-8,17-18,22-23H2,1-6H3,(H,41,45)(H,42,44)/t30-,34-/m0/s1. The molecule has 3 amide bonds. The topological polar surface area (TPSA) is 103 Å². The second-order valence-corrected chi connectivity index (χ2v) is 12.0. The number of carbonyl (C=O) groups is 3. The van der Waals surface area contributed by atoms with E-state index in [1.807, 2.05) is 58.0 Å². The van der Waals surface area contributed by atoms with Crippen molar-refractivity contribution in [2.45, 2.75) is 59.0 Å². The molecule has 9 heteroatoms. The molecule has 3 N–H and O–H groups in total. The third kappa shape index (κ3) is 10.3. The molecule has 0 aliphatic rings. The summed E-state index contributed by atoms with van der Waals surface area (Å²) < 4.78 is 14.9. The van der Waals surface area contributed by atoms with Crippen LogP contribution in [0.1, 0.15) is 72.4 Å². The van der Waals surface area contributed by atoms with Gasteiger partial charge in [0.2, 0.25) is 5.91 Å². The first-order chi connectivity index (χ1) is 22.1. The second-order valence-electron chi connectivity index (χ2n) is 12.0. The summed E-state index contributed by atoms with van der Waals surface area (Å²) in [6.45, 7) is 9.50. The highest BCUT2D eigenvalue weighted by atomic mass is 19.1. The van der Waals surface area contributed by atoms with E-state index in [1.54, 1.807) is 49.3 Å². The number of nitrogens with one attached hydrogen (secondary N) is 3. The zero-order valence-electron chi connectivity index (χ0n) is 27.9. The summed E-state index contributed by atoms with van der Waals surface area (Å²) in [6, 6.07) is 18.7. The number of aliphatic imine (C=N–C) groups is 1. The summed E-state index contributed by atoms with van der Waals surface area (Å²) in [5.41, 5.74) is 2.95. The highest BCUT2D eigenvalue weighted by Crippen LogP contribution is 2.28. The molecule has 0 bridgehead atoms. The Labute approximate surface area is 272 Å². The Bertz CT molecular complexity index is 1490. The molecule has 0 spiro atoms. The van der Waals surface area contributed by atoms with Gasteiger partial charge in [-0.15, -0.1) is 0 Å². The number of amides is 3. The third-order valence-electron chi connectivity index (χ3n) is 7.65. The van der Waals surface area contributed by atoms with E-state index in [9.17, 15) is 18.8 Å². The zero-order valence-corrected chi connectivity index (χ0v) is 27.9. The largest absolute Gasteiger partial charge is 0.354 e. The average Bonchev–Trinajstić information content (AvgIpc) is 3.04. The molecular weight excluding hydrogens is 581 g/mol. The van der Waals surface area contributed by atoms with Crippen LogP contribution in [0.3, 0.4) is 0 Å². The predicted octanol–water partition coefficient (Wildman–Crippen LogP) is 5.50. The maximum absolute atomic E-state index is 14.9. The van der Waals surface area contributed by atoms with E-state index in [2.05, 4.69) is 20.9 Å². The predicted molar refractivity (Wildman–Crippen MR) is 184 cm³/mol. The molecule has 0 aromatic heterocycles. The molecule has 46 heavy (non-hydrogen) atoms. The minimum atomic E-state index is -0.453. The molecule has 3 aromatic rings. The summed E-state index contributed by atoms with van der Waals surface area (Å²) >= 11 is 0. The van der Waals surface area contributed by atoms with Crippen LogP contribution in [-0.4, -0.2) is 74.6 Å². The van der Waals surface area contributed by atoms with Crippen molar-refractivity contribution >= 4 is 23.9 Å². The van der Waals surface area contributed by atoms with E-state index >= 15 is 0 Å². The summed E-state index contributed by atoms with van der Waals surface area (Å²) in [5.74, 6) is -0.809. The van der Waals surface area contributed by atoms with Crippen LogP contribution in [0.5, 0.6) is 0 Å². The first kappa shape index (κ1) is 36.1. The van der Waals surface area contributed by atoms with Gasteiger partial charge in [-0.05, 0) is 66.1 Å². The maximum atomic E-state index is 14.9. The zero-order chi connectivity index (χ0) is 33.6. The molecule has 0 fully saturated rings. The molecule has 0 unspecified atom stereocenters. The number of hydrogen-bond donors (Lipinski definition) is 3. The fourth-order valence-electron chi connectivity index (χ4n) is 5.22. The molecule has 3 rings (SSSR count). The first-order valence-electron chi connectivity index (χ1n) is 16.0. The van der Waals surface area contributed by atoms with Crippen molar-refractivity contribution in [3.05, 3.63) is 94.8 Å². The van der Waals surface area contributed by atoms with Crippen molar-refractivity contribution < 1.29 is 18.8 Å². The van der Waals surface area contributed by atoms with Crippen LogP contribution in [0.15, 0.2) is 71.7 Å². The molecule has 3 aromatic carbocycles. The van der Waals surface area contributed by atoms with Crippen molar-refractivity contribution in [1.82, 2.24) is 20.9 Å². The van der Waals surface area contributed by atoms with Gasteiger partial charge < -0.3 is 20.9 Å². The SMILES string of the molecule is CCCN(C)C(=O)c1cc(C(=O)N[C@H](CN[C@@H](CC)C(=O)NCC(C)C)Cc2ccccc2)cc(-c2cccc(F)c2C=NC)c1. The van der Waals surface area contributed by atoms with Gasteiger partial charge in [-0.2, -0.15) is 0 Å². The molecule has 0 saturated carbocycles. The fraction of sp³-hybridized carbons (Fsp3) is 0.405. The molecular formula is C37H48FN5O3. The number of hydrogen-bond acceptors (Lipinski definition) is 5. The number of benzene rings is 3. The summed E-state index contributed by atoms with van der Waals surface area (Å²) in [4.78, 5) is 45.9. The molecule has 0 saturated heterocycles. The Morgan fingerprint density at radius 1 is 0.957 bits per heavy atom. The van der Waals surface area contributed by atoms with Crippen molar-refractivity contribution in [3.8, 4) is 11.1 Å². The van der Waals surface area contributed by atoms with E-state index in [1.165, 1.54) is 12.3 Å². The number of nitrogens with zero attached hydrogens (tertiary/aromatic N) is 2. The van der Waals surface area contributed by atoms with Gasteiger partial charge in [-0.3, -0.25) is 19.4 Å². The van der Waals surface area contributed by atoms with Crippen molar-refractivity contribution in [3.63, 3.8) is 0 Å². The molecule has 246 valence electrons. The van der Waals surface area contributed by atoms with Crippen LogP contribution in [0.4, 0.5) is 4.39 Å². The van der Waals surface area contributed by atoms with Gasteiger partial charge in [-0.1, -0.05) is 70.2 Å². The number of rotatable bonds is 16. The van der Waals surface area contributed by atoms with Crippen molar-refractivity contribution in [2.24, 2.45) is 10.9 Å². The maximum Gasteiger partial charge on any atom is 0.253 e. The summed E-state index contributed by atoms with van der Waals surface area (Å²) in [7, 11) is 3.28. The lowest BCUT2D eigenvalue weighted by atomic mass is 9.95. The molecule has 8 nitrogen and oxygen atoms in total. The smallest absolute Gasteiger partial charge is 0.253 e. The van der Waals surface area contributed by atoms with E-state index in [0.29, 0.717) is 55.1 Å². The molecule has 0 heterocycles. The van der Waals surface area contributed by atoms with Crippen LogP contribution in [0, 0.1) is 11.7 Å². The first-order valence-corrected chi connectivity index (χ1v) is 16.0. The Kier molecular flexibility index (Phi) is 14.1. The lowest BCUT2D eigenvalue weighted by molar-refractivity contribution is -0.123. The highest BCUT2D eigenvalue weighted by Gasteiger charge is 2.23. The van der Waals surface area contributed by atoms with E-state index in [4.69, 9.17) is 0 Å². The molecule has 2 atom stereocenters. The summed E-state index contributed by atoms with van der Waals surface area (Å²) in [5, 5.41) is 9.48. The highest BCUT2D eigenvalue weighted by molar-refractivity contribution is 6.02. The van der Waals surface area contributed by atoms with Crippen LogP contribution in [-0.2, 0) is 11.2 Å². The van der Waals surface area contributed by atoms with Crippen molar-refractivity contribution in [1.29, 1.82) is 0 Å². The Morgan fingerprint density at radius 2 is 1.67 bits per heavy atom. The number of carbonyl (C=O) groups excluding carboxylic acids is 3. The summed E-state index contributed by atoms with van der Waals surface area (Å²) in [6.07, 6.45) is 3.32. The van der Waals surface area contributed by atoms with Gasteiger partial charge in [-0.25, -0.2) is 4.39 Å². The van der Waals surface area contributed by atoms with Gasteiger partial charge in [0.15, 0.2) is 0 Å².